The number of unbranched alkanes of at least 4 members (excludes halogenated alkanes) is 6. The van der Waals surface area contributed by atoms with Gasteiger partial charge in [0.1, 0.15) is 12.7 Å². The Labute approximate surface area is 167 Å². The molecule has 0 radical (unpaired) electrons. The SMILES string of the molecule is CCCCCCC(C)/C=C\C(CCCCCC)C(=O)OC[C@@H](O)COPO. The molecule has 160 valence electrons. The summed E-state index contributed by atoms with van der Waals surface area (Å²) in [5, 5.41) is 9.69. The Bertz CT molecular complexity index is 376. The molecule has 0 amide bonds. The Hall–Kier alpha value is -0.480. The summed E-state index contributed by atoms with van der Waals surface area (Å²) in [6.45, 7) is 6.44. The van der Waals surface area contributed by atoms with E-state index in [2.05, 4.69) is 26.8 Å². The Morgan fingerprint density at radius 1 is 0.963 bits per heavy atom. The van der Waals surface area contributed by atoms with Gasteiger partial charge in [0, 0.05) is 0 Å². The minimum Gasteiger partial charge on any atom is -0.462 e. The molecule has 0 saturated heterocycles. The number of hydrogen-bond acceptors (Lipinski definition) is 5. The molecular weight excluding hydrogens is 363 g/mol. The van der Waals surface area contributed by atoms with Crippen LogP contribution in [0.1, 0.15) is 85.0 Å². The number of aliphatic hydroxyl groups is 1. The van der Waals surface area contributed by atoms with Gasteiger partial charge in [0.2, 0.25) is 0 Å². The lowest BCUT2D eigenvalue weighted by Crippen LogP contribution is -2.25. The first-order valence-electron chi connectivity index (χ1n) is 10.6. The van der Waals surface area contributed by atoms with E-state index in [9.17, 15) is 9.90 Å². The van der Waals surface area contributed by atoms with Gasteiger partial charge in [-0.3, -0.25) is 4.79 Å². The van der Waals surface area contributed by atoms with Crippen LogP contribution in [-0.4, -0.2) is 35.3 Å². The van der Waals surface area contributed by atoms with Crippen LogP contribution in [0.5, 0.6) is 0 Å². The van der Waals surface area contributed by atoms with Crippen LogP contribution >= 0.6 is 9.03 Å². The summed E-state index contributed by atoms with van der Waals surface area (Å²) in [7, 11) is -0.671. The van der Waals surface area contributed by atoms with E-state index in [1.54, 1.807) is 0 Å². The molecule has 0 aliphatic heterocycles. The Morgan fingerprint density at radius 2 is 1.59 bits per heavy atom. The Morgan fingerprint density at radius 3 is 2.19 bits per heavy atom. The lowest BCUT2D eigenvalue weighted by Gasteiger charge is -2.16. The molecule has 0 bridgehead atoms. The van der Waals surface area contributed by atoms with E-state index >= 15 is 0 Å². The fourth-order valence-electron chi connectivity index (χ4n) is 2.86. The van der Waals surface area contributed by atoms with Crippen molar-refractivity contribution in [3.63, 3.8) is 0 Å². The molecular formula is C21H41O5P. The fourth-order valence-corrected chi connectivity index (χ4v) is 3.13. The molecule has 0 saturated carbocycles. The highest BCUT2D eigenvalue weighted by Crippen LogP contribution is 2.18. The summed E-state index contributed by atoms with van der Waals surface area (Å²) in [4.78, 5) is 21.0. The number of rotatable bonds is 18. The molecule has 2 N–H and O–H groups in total. The second-order valence-corrected chi connectivity index (χ2v) is 7.82. The molecule has 6 heteroatoms. The van der Waals surface area contributed by atoms with Gasteiger partial charge in [0.25, 0.3) is 0 Å². The minimum atomic E-state index is -0.907. The zero-order chi connectivity index (χ0) is 20.3. The molecule has 0 spiro atoms. The maximum atomic E-state index is 12.4. The third-order valence-corrected chi connectivity index (χ3v) is 4.91. The average molecular weight is 405 g/mol. The highest BCUT2D eigenvalue weighted by atomic mass is 31.1. The largest absolute Gasteiger partial charge is 0.462 e. The van der Waals surface area contributed by atoms with Crippen LogP contribution in [0.15, 0.2) is 12.2 Å². The number of carbonyl (C=O) groups is 1. The van der Waals surface area contributed by atoms with Crippen molar-refractivity contribution in [3.05, 3.63) is 12.2 Å². The van der Waals surface area contributed by atoms with Gasteiger partial charge >= 0.3 is 5.97 Å². The van der Waals surface area contributed by atoms with E-state index in [1.807, 2.05) is 6.08 Å². The van der Waals surface area contributed by atoms with E-state index in [4.69, 9.17) is 14.2 Å². The molecule has 0 aliphatic carbocycles. The van der Waals surface area contributed by atoms with Crippen LogP contribution < -0.4 is 0 Å². The highest BCUT2D eigenvalue weighted by molar-refractivity contribution is 7.24. The van der Waals surface area contributed by atoms with Crippen LogP contribution in [0.4, 0.5) is 0 Å². The summed E-state index contributed by atoms with van der Waals surface area (Å²) >= 11 is 0. The number of esters is 1. The molecule has 0 rings (SSSR count). The van der Waals surface area contributed by atoms with E-state index in [-0.39, 0.29) is 25.1 Å². The maximum absolute atomic E-state index is 12.4. The van der Waals surface area contributed by atoms with Gasteiger partial charge in [-0.1, -0.05) is 84.3 Å². The zero-order valence-corrected chi connectivity index (χ0v) is 18.5. The first-order valence-corrected chi connectivity index (χ1v) is 11.4. The standard InChI is InChI=1S/C21H41O5P/c1-4-6-8-10-12-18(3)14-15-19(13-11-9-7-5-2)21(23)25-16-20(22)17-26-27-24/h14-15,18-20,22,24,27H,4-13,16-17H2,1-3H3/b15-14-/t18?,19?,20-/m1/s1. The van der Waals surface area contributed by atoms with Gasteiger partial charge < -0.3 is 19.3 Å². The third-order valence-electron chi connectivity index (χ3n) is 4.61. The van der Waals surface area contributed by atoms with Gasteiger partial charge in [-0.15, -0.1) is 0 Å². The summed E-state index contributed by atoms with van der Waals surface area (Å²) in [5.74, 6) is -0.0865. The van der Waals surface area contributed by atoms with Gasteiger partial charge in [-0.25, -0.2) is 0 Å². The molecule has 3 unspecified atom stereocenters. The number of carbonyl (C=O) groups excluding carboxylic acids is 1. The van der Waals surface area contributed by atoms with E-state index < -0.39 is 15.1 Å². The minimum absolute atomic E-state index is 0.0337. The van der Waals surface area contributed by atoms with Crippen molar-refractivity contribution < 1.29 is 24.1 Å². The lowest BCUT2D eigenvalue weighted by atomic mass is 9.96. The van der Waals surface area contributed by atoms with E-state index in [0.717, 1.165) is 32.1 Å². The number of ether oxygens (including phenoxy) is 1. The monoisotopic (exact) mass is 404 g/mol. The Kier molecular flexibility index (Phi) is 18.5. The molecule has 5 nitrogen and oxygen atoms in total. The smallest absolute Gasteiger partial charge is 0.312 e. The van der Waals surface area contributed by atoms with Crippen molar-refractivity contribution in [1.82, 2.24) is 0 Å². The van der Waals surface area contributed by atoms with Crippen LogP contribution in [0.3, 0.4) is 0 Å². The fraction of sp³-hybridized carbons (Fsp3) is 0.857. The van der Waals surface area contributed by atoms with E-state index in [1.165, 1.54) is 32.1 Å². The molecule has 0 aromatic heterocycles. The van der Waals surface area contributed by atoms with Gasteiger partial charge in [0.05, 0.1) is 12.5 Å². The second kappa shape index (κ2) is 18.9. The van der Waals surface area contributed by atoms with Gasteiger partial charge in [-0.05, 0) is 18.8 Å². The van der Waals surface area contributed by atoms with Crippen molar-refractivity contribution in [2.45, 2.75) is 91.1 Å². The topological polar surface area (TPSA) is 76.0 Å². The molecule has 27 heavy (non-hydrogen) atoms. The highest BCUT2D eigenvalue weighted by Gasteiger charge is 2.18. The predicted octanol–water partition coefficient (Wildman–Crippen LogP) is 5.16. The lowest BCUT2D eigenvalue weighted by molar-refractivity contribution is -0.150. The molecule has 0 aliphatic rings. The van der Waals surface area contributed by atoms with Crippen molar-refractivity contribution in [2.24, 2.45) is 11.8 Å². The summed E-state index contributed by atoms with van der Waals surface area (Å²) in [6.07, 6.45) is 14.6. The molecule has 0 aromatic rings. The summed E-state index contributed by atoms with van der Waals surface area (Å²) < 4.78 is 10.0. The molecule has 0 aromatic carbocycles. The summed E-state index contributed by atoms with van der Waals surface area (Å²) in [6, 6.07) is 0. The van der Waals surface area contributed by atoms with Crippen molar-refractivity contribution >= 4 is 15.0 Å². The third kappa shape index (κ3) is 16.2. The van der Waals surface area contributed by atoms with Gasteiger partial charge in [-0.2, -0.15) is 0 Å². The second-order valence-electron chi connectivity index (χ2n) is 7.35. The molecule has 0 heterocycles. The van der Waals surface area contributed by atoms with E-state index in [0.29, 0.717) is 5.92 Å². The van der Waals surface area contributed by atoms with Gasteiger partial charge in [0.15, 0.2) is 9.03 Å². The Balaban J connectivity index is 4.47. The van der Waals surface area contributed by atoms with Crippen LogP contribution in [0.2, 0.25) is 0 Å². The number of aliphatic hydroxyl groups excluding tert-OH is 1. The van der Waals surface area contributed by atoms with Crippen LogP contribution in [0, 0.1) is 11.8 Å². The molecule has 0 fully saturated rings. The first kappa shape index (κ1) is 26.5. The number of allylic oxidation sites excluding steroid dienone is 1. The molecule has 4 atom stereocenters. The normalized spacial score (nSPS) is 15.4. The summed E-state index contributed by atoms with van der Waals surface area (Å²) in [5.41, 5.74) is 0. The van der Waals surface area contributed by atoms with Crippen LogP contribution in [0.25, 0.3) is 0 Å². The average Bonchev–Trinajstić information content (AvgIpc) is 2.67. The van der Waals surface area contributed by atoms with Crippen molar-refractivity contribution in [2.75, 3.05) is 13.2 Å². The number of hydrogen-bond donors (Lipinski definition) is 2. The van der Waals surface area contributed by atoms with Crippen LogP contribution in [-0.2, 0) is 14.1 Å². The quantitative estimate of drug-likeness (QED) is 0.143. The predicted molar refractivity (Wildman–Crippen MR) is 113 cm³/mol. The first-order chi connectivity index (χ1) is 13.0. The zero-order valence-electron chi connectivity index (χ0n) is 17.5. The van der Waals surface area contributed by atoms with Crippen molar-refractivity contribution in [3.8, 4) is 0 Å². The maximum Gasteiger partial charge on any atom is 0.312 e. The van der Waals surface area contributed by atoms with Crippen molar-refractivity contribution in [1.29, 1.82) is 0 Å².